The summed E-state index contributed by atoms with van der Waals surface area (Å²) in [4.78, 5) is 17.8. The molecule has 1 aliphatic rings. The monoisotopic (exact) mass is 210 g/mol. The molecule has 1 aromatic rings. The van der Waals surface area contributed by atoms with Crippen LogP contribution < -0.4 is 0 Å². The number of pyridine rings is 1. The smallest absolute Gasteiger partial charge is 0.255 e. The van der Waals surface area contributed by atoms with Gasteiger partial charge in [-0.25, -0.2) is 4.98 Å². The lowest BCUT2D eigenvalue weighted by Gasteiger charge is -2.26. The maximum atomic E-state index is 11.8. The number of rotatable bonds is 1. The highest BCUT2D eigenvalue weighted by molar-refractivity contribution is 6.29. The summed E-state index contributed by atoms with van der Waals surface area (Å²) in [5.74, 6) is 0.0675. The highest BCUT2D eigenvalue weighted by Gasteiger charge is 2.23. The van der Waals surface area contributed by atoms with E-state index in [1.54, 1.807) is 12.1 Å². The van der Waals surface area contributed by atoms with E-state index >= 15 is 0 Å². The highest BCUT2D eigenvalue weighted by Crippen LogP contribution is 2.18. The normalized spacial score (nSPS) is 15.6. The van der Waals surface area contributed by atoms with Crippen LogP contribution in [0.15, 0.2) is 12.1 Å². The number of amides is 1. The maximum absolute atomic E-state index is 11.8. The van der Waals surface area contributed by atoms with Crippen LogP contribution in [0.4, 0.5) is 0 Å². The molecule has 0 atom stereocenters. The first kappa shape index (κ1) is 9.46. The summed E-state index contributed by atoms with van der Waals surface area (Å²) in [7, 11) is 0. The van der Waals surface area contributed by atoms with Crippen molar-refractivity contribution in [1.82, 2.24) is 9.88 Å². The zero-order chi connectivity index (χ0) is 10.1. The van der Waals surface area contributed by atoms with Crippen LogP contribution in [0.3, 0.4) is 0 Å². The minimum Gasteiger partial charge on any atom is -0.338 e. The van der Waals surface area contributed by atoms with Gasteiger partial charge in [-0.15, -0.1) is 0 Å². The molecule has 0 saturated carbocycles. The van der Waals surface area contributed by atoms with Crippen molar-refractivity contribution >= 4 is 17.5 Å². The first-order valence-electron chi connectivity index (χ1n) is 4.67. The molecule has 14 heavy (non-hydrogen) atoms. The molecule has 1 amide bonds. The third kappa shape index (κ3) is 1.48. The van der Waals surface area contributed by atoms with E-state index < -0.39 is 0 Å². The van der Waals surface area contributed by atoms with Gasteiger partial charge in [-0.2, -0.15) is 0 Å². The van der Waals surface area contributed by atoms with Crippen molar-refractivity contribution in [2.45, 2.75) is 13.3 Å². The molecule has 0 aliphatic carbocycles. The zero-order valence-electron chi connectivity index (χ0n) is 7.96. The van der Waals surface area contributed by atoms with Gasteiger partial charge in [0.2, 0.25) is 0 Å². The number of fused-ring (bicyclic) bond motifs is 1. The third-order valence-electron chi connectivity index (χ3n) is 2.46. The second-order valence-electron chi connectivity index (χ2n) is 3.26. The van der Waals surface area contributed by atoms with Crippen molar-refractivity contribution in [3.63, 3.8) is 0 Å². The topological polar surface area (TPSA) is 33.2 Å². The second-order valence-corrected chi connectivity index (χ2v) is 3.65. The summed E-state index contributed by atoms with van der Waals surface area (Å²) >= 11 is 5.76. The fraction of sp³-hybridized carbons (Fsp3) is 0.400. The summed E-state index contributed by atoms with van der Waals surface area (Å²) in [5, 5.41) is 0.460. The van der Waals surface area contributed by atoms with Gasteiger partial charge in [0.05, 0.1) is 11.3 Å². The molecule has 0 bridgehead atoms. The van der Waals surface area contributed by atoms with Gasteiger partial charge in [0.25, 0.3) is 5.91 Å². The second kappa shape index (κ2) is 3.58. The van der Waals surface area contributed by atoms with E-state index in [9.17, 15) is 4.79 Å². The van der Waals surface area contributed by atoms with E-state index in [-0.39, 0.29) is 5.91 Å². The van der Waals surface area contributed by atoms with Gasteiger partial charge in [-0.3, -0.25) is 4.79 Å². The number of likely N-dealkylation sites (N-methyl/N-ethyl adjacent to an activating group) is 1. The van der Waals surface area contributed by atoms with E-state index in [0.29, 0.717) is 10.7 Å². The summed E-state index contributed by atoms with van der Waals surface area (Å²) in [6.07, 6.45) is 0.801. The van der Waals surface area contributed by atoms with Crippen LogP contribution in [0.2, 0.25) is 5.15 Å². The highest BCUT2D eigenvalue weighted by atomic mass is 35.5. The molecule has 0 unspecified atom stereocenters. The molecule has 1 aliphatic heterocycles. The van der Waals surface area contributed by atoms with Crippen molar-refractivity contribution < 1.29 is 4.79 Å². The van der Waals surface area contributed by atoms with Crippen molar-refractivity contribution in [3.8, 4) is 0 Å². The average Bonchev–Trinajstić information content (AvgIpc) is 2.18. The molecule has 2 heterocycles. The van der Waals surface area contributed by atoms with Crippen molar-refractivity contribution in [3.05, 3.63) is 28.5 Å². The van der Waals surface area contributed by atoms with Gasteiger partial charge in [0.1, 0.15) is 5.15 Å². The number of carbonyl (C=O) groups excluding carboxylic acids is 1. The summed E-state index contributed by atoms with van der Waals surface area (Å²) < 4.78 is 0. The minimum absolute atomic E-state index is 0.0675. The zero-order valence-corrected chi connectivity index (χ0v) is 8.71. The van der Waals surface area contributed by atoms with Crippen molar-refractivity contribution in [2.75, 3.05) is 13.1 Å². The molecule has 74 valence electrons. The molecular formula is C10H11ClN2O. The Balaban J connectivity index is 2.41. The summed E-state index contributed by atoms with van der Waals surface area (Å²) in [6.45, 7) is 3.48. The number of halogens is 1. The third-order valence-corrected chi connectivity index (χ3v) is 2.67. The Hall–Kier alpha value is -1.09. The first-order valence-corrected chi connectivity index (χ1v) is 5.05. The standard InChI is InChI=1S/C10H11ClN2O/c1-2-13-6-5-8-7(10(13)14)3-4-9(11)12-8/h3-4H,2,5-6H2,1H3. The molecule has 0 saturated heterocycles. The Bertz CT molecular complexity index is 378. The fourth-order valence-electron chi connectivity index (χ4n) is 1.67. The van der Waals surface area contributed by atoms with E-state index in [4.69, 9.17) is 11.6 Å². The largest absolute Gasteiger partial charge is 0.338 e. The molecule has 2 rings (SSSR count). The molecular weight excluding hydrogens is 200 g/mol. The van der Waals surface area contributed by atoms with Crippen LogP contribution in [0.1, 0.15) is 23.0 Å². The van der Waals surface area contributed by atoms with Crippen LogP contribution in [0.25, 0.3) is 0 Å². The van der Waals surface area contributed by atoms with Gasteiger partial charge < -0.3 is 4.90 Å². The molecule has 3 nitrogen and oxygen atoms in total. The summed E-state index contributed by atoms with van der Waals surface area (Å²) in [5.41, 5.74) is 1.52. The van der Waals surface area contributed by atoms with Gasteiger partial charge in [0.15, 0.2) is 0 Å². The lowest BCUT2D eigenvalue weighted by atomic mass is 10.1. The number of nitrogens with zero attached hydrogens (tertiary/aromatic N) is 2. The molecule has 0 radical (unpaired) electrons. The number of hydrogen-bond acceptors (Lipinski definition) is 2. The Morgan fingerprint density at radius 2 is 2.36 bits per heavy atom. The Kier molecular flexibility index (Phi) is 2.42. The van der Waals surface area contributed by atoms with Crippen LogP contribution in [-0.4, -0.2) is 28.9 Å². The maximum Gasteiger partial charge on any atom is 0.255 e. The van der Waals surface area contributed by atoms with Gasteiger partial charge in [-0.05, 0) is 19.1 Å². The van der Waals surface area contributed by atoms with E-state index in [1.165, 1.54) is 0 Å². The number of carbonyl (C=O) groups is 1. The van der Waals surface area contributed by atoms with Gasteiger partial charge in [0, 0.05) is 19.5 Å². The molecule has 1 aromatic heterocycles. The van der Waals surface area contributed by atoms with Crippen molar-refractivity contribution in [2.24, 2.45) is 0 Å². The van der Waals surface area contributed by atoms with E-state index in [1.807, 2.05) is 11.8 Å². The average molecular weight is 211 g/mol. The number of hydrogen-bond donors (Lipinski definition) is 0. The molecule has 4 heteroatoms. The predicted octanol–water partition coefficient (Wildman–Crippen LogP) is 1.75. The fourth-order valence-corrected chi connectivity index (χ4v) is 1.84. The molecule has 0 N–H and O–H groups in total. The molecule has 0 aromatic carbocycles. The molecule has 0 spiro atoms. The quantitative estimate of drug-likeness (QED) is 0.662. The lowest BCUT2D eigenvalue weighted by molar-refractivity contribution is 0.0747. The van der Waals surface area contributed by atoms with Gasteiger partial charge >= 0.3 is 0 Å². The van der Waals surface area contributed by atoms with Crippen LogP contribution >= 0.6 is 11.6 Å². The first-order chi connectivity index (χ1) is 6.72. The Morgan fingerprint density at radius 1 is 1.57 bits per heavy atom. The summed E-state index contributed by atoms with van der Waals surface area (Å²) in [6, 6.07) is 3.42. The van der Waals surface area contributed by atoms with Gasteiger partial charge in [-0.1, -0.05) is 11.6 Å². The van der Waals surface area contributed by atoms with Crippen LogP contribution in [0.5, 0.6) is 0 Å². The van der Waals surface area contributed by atoms with E-state index in [2.05, 4.69) is 4.98 Å². The predicted molar refractivity (Wildman–Crippen MR) is 54.5 cm³/mol. The SMILES string of the molecule is CCN1CCc2nc(Cl)ccc2C1=O. The number of aromatic nitrogens is 1. The molecule has 0 fully saturated rings. The minimum atomic E-state index is 0.0675. The van der Waals surface area contributed by atoms with E-state index in [0.717, 1.165) is 25.2 Å². The lowest BCUT2D eigenvalue weighted by Crippen LogP contribution is -2.37. The Labute approximate surface area is 87.7 Å². The van der Waals surface area contributed by atoms with Crippen molar-refractivity contribution in [1.29, 1.82) is 0 Å². The van der Waals surface area contributed by atoms with Crippen LogP contribution in [-0.2, 0) is 6.42 Å². The Morgan fingerprint density at radius 3 is 3.07 bits per heavy atom. The van der Waals surface area contributed by atoms with Crippen LogP contribution in [0, 0.1) is 0 Å².